The second-order valence-electron chi connectivity index (χ2n) is 7.33. The first-order valence-corrected chi connectivity index (χ1v) is 8.34. The minimum atomic E-state index is -0.709. The molecular formula is C17H26O4. The third-order valence-electron chi connectivity index (χ3n) is 5.63. The van der Waals surface area contributed by atoms with Crippen LogP contribution in [-0.2, 0) is 19.1 Å². The maximum absolute atomic E-state index is 12.1. The Bertz CT molecular complexity index is 393. The van der Waals surface area contributed by atoms with Crippen molar-refractivity contribution in [1.82, 2.24) is 0 Å². The van der Waals surface area contributed by atoms with E-state index in [4.69, 9.17) is 9.47 Å². The lowest BCUT2D eigenvalue weighted by atomic mass is 9.54. The second kappa shape index (κ2) is 5.71. The van der Waals surface area contributed by atoms with E-state index in [0.717, 1.165) is 37.0 Å². The number of hydrogen-bond donors (Lipinski definition) is 0. The number of carbonyl (C=O) groups excluding carboxylic acids is 2. The van der Waals surface area contributed by atoms with Gasteiger partial charge in [0.25, 0.3) is 0 Å². The second-order valence-corrected chi connectivity index (χ2v) is 7.33. The lowest BCUT2D eigenvalue weighted by Gasteiger charge is -2.56. The smallest absolute Gasteiger partial charge is 0.316 e. The van der Waals surface area contributed by atoms with E-state index in [9.17, 15) is 9.59 Å². The fourth-order valence-electron chi connectivity index (χ4n) is 4.96. The van der Waals surface area contributed by atoms with Gasteiger partial charge in [-0.05, 0) is 70.1 Å². The van der Waals surface area contributed by atoms with Crippen molar-refractivity contribution >= 4 is 11.8 Å². The van der Waals surface area contributed by atoms with Gasteiger partial charge in [-0.15, -0.1) is 0 Å². The van der Waals surface area contributed by atoms with E-state index in [1.54, 1.807) is 13.8 Å². The maximum atomic E-state index is 12.1. The third kappa shape index (κ3) is 3.01. The van der Waals surface area contributed by atoms with E-state index < -0.39 is 11.9 Å². The van der Waals surface area contributed by atoms with Gasteiger partial charge < -0.3 is 9.47 Å². The molecule has 4 heteroatoms. The average Bonchev–Trinajstić information content (AvgIpc) is 2.43. The van der Waals surface area contributed by atoms with Gasteiger partial charge in [0.2, 0.25) is 0 Å². The lowest BCUT2D eigenvalue weighted by molar-refractivity contribution is -0.173. The topological polar surface area (TPSA) is 52.6 Å². The highest BCUT2D eigenvalue weighted by Crippen LogP contribution is 2.57. The quantitative estimate of drug-likeness (QED) is 0.558. The molecule has 0 aromatic rings. The first-order chi connectivity index (χ1) is 10.0. The molecule has 0 aromatic heterocycles. The number of rotatable bonds is 6. The van der Waals surface area contributed by atoms with Gasteiger partial charge in [-0.3, -0.25) is 9.59 Å². The van der Waals surface area contributed by atoms with Gasteiger partial charge >= 0.3 is 5.97 Å². The van der Waals surface area contributed by atoms with Crippen molar-refractivity contribution in [2.24, 2.45) is 23.7 Å². The number of esters is 1. The van der Waals surface area contributed by atoms with E-state index in [-0.39, 0.29) is 18.0 Å². The van der Waals surface area contributed by atoms with Crippen molar-refractivity contribution in [2.45, 2.75) is 58.0 Å². The van der Waals surface area contributed by atoms with Crippen molar-refractivity contribution in [2.75, 3.05) is 13.2 Å². The zero-order valence-electron chi connectivity index (χ0n) is 13.1. The fraction of sp³-hybridized carbons (Fsp3) is 0.882. The predicted molar refractivity (Wildman–Crippen MR) is 77.7 cm³/mol. The largest absolute Gasteiger partial charge is 0.465 e. The zero-order chi connectivity index (χ0) is 15.0. The molecule has 0 aliphatic heterocycles. The fourth-order valence-corrected chi connectivity index (χ4v) is 4.96. The van der Waals surface area contributed by atoms with Gasteiger partial charge in [0.05, 0.1) is 12.2 Å². The molecule has 4 aliphatic rings. The SMILES string of the molecule is CCOC(=O)C(C)C(=O)COC12CC3CC(CC(C3)C1)C2. The molecule has 4 rings (SSSR count). The Morgan fingerprint density at radius 1 is 1.10 bits per heavy atom. The first kappa shape index (κ1) is 15.0. The van der Waals surface area contributed by atoms with E-state index in [0.29, 0.717) is 6.61 Å². The summed E-state index contributed by atoms with van der Waals surface area (Å²) in [5.74, 6) is 1.11. The highest BCUT2D eigenvalue weighted by Gasteiger charge is 2.51. The zero-order valence-corrected chi connectivity index (χ0v) is 13.1. The van der Waals surface area contributed by atoms with E-state index in [2.05, 4.69) is 0 Å². The number of ketones is 1. The summed E-state index contributed by atoms with van der Waals surface area (Å²) in [6.07, 6.45) is 7.40. The Hall–Kier alpha value is -0.900. The van der Waals surface area contributed by atoms with Gasteiger partial charge in [-0.1, -0.05) is 0 Å². The summed E-state index contributed by atoms with van der Waals surface area (Å²) in [4.78, 5) is 23.7. The van der Waals surface area contributed by atoms with Crippen molar-refractivity contribution in [1.29, 1.82) is 0 Å². The molecule has 0 spiro atoms. The molecule has 0 heterocycles. The molecule has 4 nitrogen and oxygen atoms in total. The molecule has 4 saturated carbocycles. The van der Waals surface area contributed by atoms with Crippen LogP contribution in [0.2, 0.25) is 0 Å². The molecule has 4 aliphatic carbocycles. The molecule has 4 fully saturated rings. The Labute approximate surface area is 126 Å². The molecular weight excluding hydrogens is 268 g/mol. The van der Waals surface area contributed by atoms with E-state index >= 15 is 0 Å². The highest BCUT2D eigenvalue weighted by atomic mass is 16.5. The molecule has 0 aromatic carbocycles. The van der Waals surface area contributed by atoms with Crippen LogP contribution >= 0.6 is 0 Å². The molecule has 0 radical (unpaired) electrons. The maximum Gasteiger partial charge on any atom is 0.316 e. The van der Waals surface area contributed by atoms with Crippen molar-refractivity contribution in [3.63, 3.8) is 0 Å². The summed E-state index contributed by atoms with van der Waals surface area (Å²) in [7, 11) is 0. The number of ether oxygens (including phenoxy) is 2. The van der Waals surface area contributed by atoms with Gasteiger partial charge in [-0.25, -0.2) is 0 Å². The highest BCUT2D eigenvalue weighted by molar-refractivity contribution is 5.99. The third-order valence-corrected chi connectivity index (χ3v) is 5.63. The normalized spacial score (nSPS) is 38.3. The summed E-state index contributed by atoms with van der Waals surface area (Å²) in [6, 6.07) is 0. The molecule has 21 heavy (non-hydrogen) atoms. The average molecular weight is 294 g/mol. The molecule has 0 saturated heterocycles. The van der Waals surface area contributed by atoms with Crippen LogP contribution in [0.25, 0.3) is 0 Å². The standard InChI is InChI=1S/C17H26O4/c1-3-20-16(19)11(2)15(18)10-21-17-7-12-4-13(8-17)6-14(5-12)9-17/h11-14H,3-10H2,1-2H3. The Kier molecular flexibility index (Phi) is 4.08. The first-order valence-electron chi connectivity index (χ1n) is 8.34. The van der Waals surface area contributed by atoms with Crippen LogP contribution in [0.4, 0.5) is 0 Å². The Morgan fingerprint density at radius 3 is 2.10 bits per heavy atom. The van der Waals surface area contributed by atoms with Crippen molar-refractivity contribution in [3.05, 3.63) is 0 Å². The summed E-state index contributed by atoms with van der Waals surface area (Å²) in [5, 5.41) is 0. The molecule has 0 N–H and O–H groups in total. The molecule has 4 bridgehead atoms. The number of Topliss-reactive ketones (excluding diaryl/α,β-unsaturated/α-hetero) is 1. The van der Waals surface area contributed by atoms with Crippen LogP contribution in [0.5, 0.6) is 0 Å². The van der Waals surface area contributed by atoms with Crippen LogP contribution in [0.15, 0.2) is 0 Å². The predicted octanol–water partition coefficient (Wildman–Crippen LogP) is 2.74. The Balaban J connectivity index is 1.55. The van der Waals surface area contributed by atoms with Crippen LogP contribution in [0, 0.1) is 23.7 Å². The minimum absolute atomic E-state index is 0.0616. The van der Waals surface area contributed by atoms with E-state index in [1.165, 1.54) is 19.3 Å². The summed E-state index contributed by atoms with van der Waals surface area (Å²) in [5.41, 5.74) is -0.0706. The van der Waals surface area contributed by atoms with Crippen LogP contribution in [0.1, 0.15) is 52.4 Å². The van der Waals surface area contributed by atoms with Gasteiger partial charge in [0.15, 0.2) is 5.78 Å². The number of hydrogen-bond acceptors (Lipinski definition) is 4. The van der Waals surface area contributed by atoms with Gasteiger partial charge in [-0.2, -0.15) is 0 Å². The number of carbonyl (C=O) groups is 2. The van der Waals surface area contributed by atoms with Crippen LogP contribution in [0.3, 0.4) is 0 Å². The van der Waals surface area contributed by atoms with Gasteiger partial charge in [0, 0.05) is 0 Å². The van der Waals surface area contributed by atoms with Crippen molar-refractivity contribution < 1.29 is 19.1 Å². The molecule has 118 valence electrons. The summed E-state index contributed by atoms with van der Waals surface area (Å²) >= 11 is 0. The summed E-state index contributed by atoms with van der Waals surface area (Å²) < 4.78 is 11.0. The van der Waals surface area contributed by atoms with Crippen LogP contribution in [-0.4, -0.2) is 30.6 Å². The molecule has 0 amide bonds. The van der Waals surface area contributed by atoms with E-state index in [1.807, 2.05) is 0 Å². The monoisotopic (exact) mass is 294 g/mol. The Morgan fingerprint density at radius 2 is 1.62 bits per heavy atom. The lowest BCUT2D eigenvalue weighted by Crippen LogP contribution is -2.52. The van der Waals surface area contributed by atoms with Crippen molar-refractivity contribution in [3.8, 4) is 0 Å². The summed E-state index contributed by atoms with van der Waals surface area (Å²) in [6.45, 7) is 3.74. The molecule has 1 atom stereocenters. The molecule has 1 unspecified atom stereocenters. The van der Waals surface area contributed by atoms with Crippen LogP contribution < -0.4 is 0 Å². The minimum Gasteiger partial charge on any atom is -0.465 e. The van der Waals surface area contributed by atoms with Gasteiger partial charge in [0.1, 0.15) is 12.5 Å².